The number of aliphatic carboxylic acids is 3. The molecule has 0 aromatic rings. The van der Waals surface area contributed by atoms with Crippen molar-refractivity contribution in [3.05, 3.63) is 72.9 Å². The Hall–Kier alpha value is -6.37. The minimum atomic E-state index is -1.20. The number of rotatable bonds is 63. The maximum absolute atomic E-state index is 12.7. The molecule has 0 saturated carbocycles. The fraction of sp³-hybridized carbons (Fsp3) is 0.708. The molecule has 3 N–H and O–H groups in total. The van der Waals surface area contributed by atoms with Gasteiger partial charge in [0.2, 0.25) is 0 Å². The number of unbranched alkanes of at least 4 members (excludes halogenated alkanes) is 24. The molecule has 0 bridgehead atoms. The zero-order valence-electron chi connectivity index (χ0n) is 55.9. The predicted octanol–water partition coefficient (Wildman–Crippen LogP) is 15.5. The van der Waals surface area contributed by atoms with E-state index in [1.807, 2.05) is 23.1 Å². The molecule has 19 nitrogen and oxygen atoms in total. The molecule has 518 valence electrons. The number of esters is 6. The molecule has 19 heteroatoms. The Balaban J connectivity index is 4.98. The molecule has 3 atom stereocenters. The average molecular weight is 1280 g/mol. The van der Waals surface area contributed by atoms with Gasteiger partial charge in [0.15, 0.2) is 0 Å². The van der Waals surface area contributed by atoms with Crippen LogP contribution < -0.4 is 0 Å². The van der Waals surface area contributed by atoms with Crippen LogP contribution in [-0.4, -0.2) is 132 Å². The summed E-state index contributed by atoms with van der Waals surface area (Å²) in [5, 5.41) is 26.5. The Morgan fingerprint density at radius 2 is 0.571 bits per heavy atom. The van der Waals surface area contributed by atoms with E-state index in [9.17, 15) is 43.2 Å². The number of carbonyl (C=O) groups is 9. The summed E-state index contributed by atoms with van der Waals surface area (Å²) < 4.78 is 33.3. The van der Waals surface area contributed by atoms with E-state index >= 15 is 0 Å². The molecular weight excluding hydrogens is 1170 g/mol. The predicted molar refractivity (Wildman–Crippen MR) is 354 cm³/mol. The summed E-state index contributed by atoms with van der Waals surface area (Å²) in [4.78, 5) is 109. The van der Waals surface area contributed by atoms with Crippen LogP contribution in [0.2, 0.25) is 0 Å². The topological polar surface area (TPSA) is 273 Å². The number of hydrogen-bond donors (Lipinski definition) is 3. The molecule has 0 aliphatic rings. The van der Waals surface area contributed by atoms with Crippen LogP contribution in [-0.2, 0) is 71.6 Å². The first-order valence-electron chi connectivity index (χ1n) is 34.6. The zero-order valence-corrected chi connectivity index (χ0v) is 55.9. The molecular formula is C72H117NO18. The SMILES string of the molecule is CCCCCC[C@H](C/C=C\CCCCCCCC(=O)OCCN(CCOC(=O)CCCCCCC/C=C\C[C@@H](CCCCCC)OC(=O)/C=C\C(=O)O)CCOC(=O)CCCCCCC/C=C\C[C@@H](CCCCCC)OC(=O)/C=C\C(=O)O)OC(=O)/C=C\C(=O)O. The number of nitrogens with zero attached hydrogens (tertiary/aromatic N) is 1. The van der Waals surface area contributed by atoms with Crippen molar-refractivity contribution in [3.8, 4) is 0 Å². The average Bonchev–Trinajstić information content (AvgIpc) is 3.58. The first-order valence-corrected chi connectivity index (χ1v) is 34.6. The maximum Gasteiger partial charge on any atom is 0.331 e. The fourth-order valence-electron chi connectivity index (χ4n) is 9.80. The van der Waals surface area contributed by atoms with Gasteiger partial charge in [-0.25, -0.2) is 28.8 Å². The Morgan fingerprint density at radius 1 is 0.319 bits per heavy atom. The van der Waals surface area contributed by atoms with Gasteiger partial charge >= 0.3 is 53.7 Å². The number of carboxylic acids is 3. The molecule has 0 aliphatic heterocycles. The number of ether oxygens (including phenoxy) is 6. The molecule has 0 heterocycles. The highest BCUT2D eigenvalue weighted by Crippen LogP contribution is 2.18. The molecule has 0 radical (unpaired) electrons. The lowest BCUT2D eigenvalue weighted by Crippen LogP contribution is -2.35. The van der Waals surface area contributed by atoms with Crippen LogP contribution in [0.5, 0.6) is 0 Å². The second-order valence-electron chi connectivity index (χ2n) is 23.3. The van der Waals surface area contributed by atoms with E-state index < -0.39 is 35.8 Å². The molecule has 0 rings (SSSR count). The largest absolute Gasteiger partial charge is 0.478 e. The van der Waals surface area contributed by atoms with Crippen molar-refractivity contribution in [2.75, 3.05) is 39.5 Å². The minimum Gasteiger partial charge on any atom is -0.478 e. The standard InChI is InChI=1S/C72H117NO18/c1-4-7-10-31-40-61(89-70(83)52-49-64(74)75)43-34-25-19-13-16-22-28-37-46-67(80)86-58-55-73(56-59-87-68(81)47-38-29-23-17-14-20-26-35-44-62(41-32-11-8-5-2)90-71(84)53-50-65(76)77)57-60-88-69(82)48-39-30-24-18-15-21-27-36-45-63(42-33-12-9-6-3)91-72(85)54-51-66(78)79/h25-27,34-36,49-54,61-63H,4-24,28-33,37-48,55-60H2,1-3H3,(H,74,75)(H,76,77)(H,78,79)/b34-25-,35-26-,36-27-,52-49-,53-50-,54-51-/t61-,62-,63-/m1/s1. The molecule has 0 aromatic carbocycles. The lowest BCUT2D eigenvalue weighted by Gasteiger charge is -2.22. The van der Waals surface area contributed by atoms with Gasteiger partial charge in [0.1, 0.15) is 38.1 Å². The van der Waals surface area contributed by atoms with Crippen LogP contribution in [0.4, 0.5) is 0 Å². The van der Waals surface area contributed by atoms with Crippen molar-refractivity contribution >= 4 is 53.7 Å². The van der Waals surface area contributed by atoms with Gasteiger partial charge in [0.25, 0.3) is 0 Å². The summed E-state index contributed by atoms with van der Waals surface area (Å²) in [5.74, 6) is -6.39. The molecule has 0 saturated heterocycles. The third-order valence-corrected chi connectivity index (χ3v) is 15.0. The van der Waals surface area contributed by atoms with E-state index in [4.69, 9.17) is 43.7 Å². The maximum atomic E-state index is 12.7. The highest BCUT2D eigenvalue weighted by molar-refractivity contribution is 5.92. The number of hydrogen-bond acceptors (Lipinski definition) is 16. The van der Waals surface area contributed by atoms with E-state index in [0.29, 0.717) is 77.4 Å². The van der Waals surface area contributed by atoms with Crippen molar-refractivity contribution in [3.63, 3.8) is 0 Å². The van der Waals surface area contributed by atoms with Gasteiger partial charge in [-0.3, -0.25) is 19.3 Å². The Bertz CT molecular complexity index is 1900. The van der Waals surface area contributed by atoms with E-state index in [1.165, 1.54) is 0 Å². The van der Waals surface area contributed by atoms with Crippen LogP contribution in [0, 0.1) is 0 Å². The lowest BCUT2D eigenvalue weighted by atomic mass is 10.1. The third kappa shape index (κ3) is 60.9. The van der Waals surface area contributed by atoms with Gasteiger partial charge in [-0.05, 0) is 96.3 Å². The molecule has 0 fully saturated rings. The summed E-state index contributed by atoms with van der Waals surface area (Å²) in [6.07, 6.45) is 50.4. The summed E-state index contributed by atoms with van der Waals surface area (Å²) in [5.41, 5.74) is 0. The molecule has 0 amide bonds. The van der Waals surface area contributed by atoms with Crippen molar-refractivity contribution in [1.29, 1.82) is 0 Å². The van der Waals surface area contributed by atoms with Crippen molar-refractivity contribution < 1.29 is 86.9 Å². The van der Waals surface area contributed by atoms with E-state index in [1.54, 1.807) is 0 Å². The molecule has 91 heavy (non-hydrogen) atoms. The van der Waals surface area contributed by atoms with E-state index in [0.717, 1.165) is 229 Å². The molecule has 0 spiro atoms. The van der Waals surface area contributed by atoms with Gasteiger partial charge < -0.3 is 43.7 Å². The summed E-state index contributed by atoms with van der Waals surface area (Å²) in [6, 6.07) is 0. The van der Waals surface area contributed by atoms with Crippen molar-refractivity contribution in [2.24, 2.45) is 0 Å². The van der Waals surface area contributed by atoms with Crippen LogP contribution in [0.15, 0.2) is 72.9 Å². The Morgan fingerprint density at radius 3 is 0.835 bits per heavy atom. The van der Waals surface area contributed by atoms with Gasteiger partial charge in [0, 0.05) is 94.6 Å². The smallest absolute Gasteiger partial charge is 0.331 e. The van der Waals surface area contributed by atoms with Crippen molar-refractivity contribution in [2.45, 2.75) is 289 Å². The van der Waals surface area contributed by atoms with E-state index in [-0.39, 0.29) is 56.0 Å². The fourth-order valence-corrected chi connectivity index (χ4v) is 9.80. The zero-order chi connectivity index (χ0) is 67.1. The van der Waals surface area contributed by atoms with Crippen LogP contribution in [0.3, 0.4) is 0 Å². The first kappa shape index (κ1) is 84.6. The molecule has 0 aliphatic carbocycles. The van der Waals surface area contributed by atoms with E-state index in [2.05, 4.69) is 39.0 Å². The first-order chi connectivity index (χ1) is 44.1. The van der Waals surface area contributed by atoms with Crippen LogP contribution in [0.1, 0.15) is 271 Å². The molecule has 0 unspecified atom stereocenters. The third-order valence-electron chi connectivity index (χ3n) is 15.0. The van der Waals surface area contributed by atoms with Gasteiger partial charge in [0.05, 0.1) is 0 Å². The van der Waals surface area contributed by atoms with Crippen LogP contribution in [0.25, 0.3) is 0 Å². The summed E-state index contributed by atoms with van der Waals surface area (Å²) in [7, 11) is 0. The lowest BCUT2D eigenvalue weighted by molar-refractivity contribution is -0.146. The summed E-state index contributed by atoms with van der Waals surface area (Å²) >= 11 is 0. The highest BCUT2D eigenvalue weighted by atomic mass is 16.6. The highest BCUT2D eigenvalue weighted by Gasteiger charge is 2.16. The number of allylic oxidation sites excluding steroid dienone is 3. The minimum absolute atomic E-state index is 0.141. The van der Waals surface area contributed by atoms with Crippen LogP contribution >= 0.6 is 0 Å². The quantitative estimate of drug-likeness (QED) is 0.0168. The second-order valence-corrected chi connectivity index (χ2v) is 23.3. The summed E-state index contributed by atoms with van der Waals surface area (Å²) in [6.45, 7) is 7.95. The van der Waals surface area contributed by atoms with Gasteiger partial charge in [-0.15, -0.1) is 0 Å². The monoisotopic (exact) mass is 1280 g/mol. The number of carbonyl (C=O) groups excluding carboxylic acids is 6. The van der Waals surface area contributed by atoms with Gasteiger partial charge in [-0.1, -0.05) is 173 Å². The Kier molecular flexibility index (Phi) is 58.1. The van der Waals surface area contributed by atoms with Gasteiger partial charge in [-0.2, -0.15) is 0 Å². The second kappa shape index (κ2) is 62.4. The van der Waals surface area contributed by atoms with Crippen molar-refractivity contribution in [1.82, 2.24) is 4.90 Å². The molecule has 0 aromatic heterocycles. The Labute approximate surface area is 545 Å². The number of carboxylic acid groups (broad SMARTS) is 3. The normalized spacial score (nSPS) is 12.8.